The van der Waals surface area contributed by atoms with E-state index in [2.05, 4.69) is 26.1 Å². The zero-order valence-electron chi connectivity index (χ0n) is 12.4. The molecule has 0 heterocycles. The zero-order valence-corrected chi connectivity index (χ0v) is 13.9. The third kappa shape index (κ3) is 5.24. The first-order valence-corrected chi connectivity index (χ1v) is 7.56. The lowest BCUT2D eigenvalue weighted by Gasteiger charge is -2.20. The van der Waals surface area contributed by atoms with Gasteiger partial charge in [-0.25, -0.2) is 0 Å². The van der Waals surface area contributed by atoms with Gasteiger partial charge in [0, 0.05) is 18.2 Å². The predicted octanol–water partition coefficient (Wildman–Crippen LogP) is 5.67. The molecule has 0 unspecified atom stereocenters. The Bertz CT molecular complexity index is 603. The summed E-state index contributed by atoms with van der Waals surface area (Å²) in [5, 5.41) is 4.46. The fourth-order valence-electron chi connectivity index (χ4n) is 1.72. The minimum absolute atomic E-state index is 0.106. The van der Waals surface area contributed by atoms with E-state index in [1.165, 1.54) is 5.56 Å². The summed E-state index contributed by atoms with van der Waals surface area (Å²) in [5.74, 6) is 1.44. The Kier molecular flexibility index (Phi) is 5.15. The Balaban J connectivity index is 2.00. The van der Waals surface area contributed by atoms with Gasteiger partial charge in [0.15, 0.2) is 0 Å². The lowest BCUT2D eigenvalue weighted by molar-refractivity contribution is 0.424. The molecule has 0 fully saturated rings. The van der Waals surface area contributed by atoms with Crippen molar-refractivity contribution in [2.75, 3.05) is 0 Å². The van der Waals surface area contributed by atoms with Crippen molar-refractivity contribution in [2.24, 2.45) is 0 Å². The smallest absolute Gasteiger partial charge is 0.129 e. The van der Waals surface area contributed by atoms with Crippen LogP contribution in [0.15, 0.2) is 42.5 Å². The van der Waals surface area contributed by atoms with Gasteiger partial charge in [-0.2, -0.15) is 0 Å². The lowest BCUT2D eigenvalue weighted by Crippen LogP contribution is -2.34. The van der Waals surface area contributed by atoms with Crippen LogP contribution in [0.4, 0.5) is 0 Å². The number of rotatable bonds is 4. The van der Waals surface area contributed by atoms with Gasteiger partial charge in [0.1, 0.15) is 11.5 Å². The molecule has 0 saturated heterocycles. The average Bonchev–Trinajstić information content (AvgIpc) is 2.41. The van der Waals surface area contributed by atoms with Gasteiger partial charge < -0.3 is 10.1 Å². The van der Waals surface area contributed by atoms with Crippen LogP contribution in [0.3, 0.4) is 0 Å². The SMILES string of the molecule is CC(C)(C)NCc1ccc(Oc2ccc(Cl)c(Cl)c2)cc1. The molecular formula is C17H19Cl2NO. The molecule has 112 valence electrons. The maximum absolute atomic E-state index is 5.97. The summed E-state index contributed by atoms with van der Waals surface area (Å²) in [6.07, 6.45) is 0. The van der Waals surface area contributed by atoms with E-state index in [9.17, 15) is 0 Å². The second-order valence-electron chi connectivity index (χ2n) is 5.93. The van der Waals surface area contributed by atoms with Crippen molar-refractivity contribution in [1.82, 2.24) is 5.32 Å². The first-order valence-electron chi connectivity index (χ1n) is 6.80. The van der Waals surface area contributed by atoms with Gasteiger partial charge in [0.25, 0.3) is 0 Å². The van der Waals surface area contributed by atoms with E-state index in [1.807, 2.05) is 24.3 Å². The Morgan fingerprint density at radius 3 is 2.10 bits per heavy atom. The molecule has 2 aromatic rings. The number of halogens is 2. The van der Waals surface area contributed by atoms with Gasteiger partial charge in [-0.05, 0) is 50.6 Å². The molecule has 0 radical (unpaired) electrons. The molecule has 0 aliphatic rings. The van der Waals surface area contributed by atoms with Crippen molar-refractivity contribution >= 4 is 23.2 Å². The minimum atomic E-state index is 0.106. The minimum Gasteiger partial charge on any atom is -0.457 e. The molecule has 0 bridgehead atoms. The van der Waals surface area contributed by atoms with Crippen LogP contribution in [0.25, 0.3) is 0 Å². The molecule has 0 spiro atoms. The van der Waals surface area contributed by atoms with E-state index in [-0.39, 0.29) is 5.54 Å². The molecule has 21 heavy (non-hydrogen) atoms. The summed E-state index contributed by atoms with van der Waals surface area (Å²) >= 11 is 11.9. The zero-order chi connectivity index (χ0) is 15.5. The molecule has 2 nitrogen and oxygen atoms in total. The third-order valence-corrected chi connectivity index (χ3v) is 3.61. The molecule has 0 aliphatic heterocycles. The van der Waals surface area contributed by atoms with Gasteiger partial charge in [-0.3, -0.25) is 0 Å². The Hall–Kier alpha value is -1.22. The summed E-state index contributed by atoms with van der Waals surface area (Å²) in [5.41, 5.74) is 1.32. The molecule has 0 saturated carbocycles. The number of hydrogen-bond donors (Lipinski definition) is 1. The first-order chi connectivity index (χ1) is 9.83. The highest BCUT2D eigenvalue weighted by atomic mass is 35.5. The van der Waals surface area contributed by atoms with Crippen LogP contribution in [-0.4, -0.2) is 5.54 Å². The molecule has 0 amide bonds. The fourth-order valence-corrected chi connectivity index (χ4v) is 2.01. The average molecular weight is 324 g/mol. The fraction of sp³-hybridized carbons (Fsp3) is 0.294. The standard InChI is InChI=1S/C17H19Cl2NO/c1-17(2,3)20-11-12-4-6-13(7-5-12)21-14-8-9-15(18)16(19)10-14/h4-10,20H,11H2,1-3H3. The van der Waals surface area contributed by atoms with Gasteiger partial charge in [-0.1, -0.05) is 35.3 Å². The van der Waals surface area contributed by atoms with Crippen molar-refractivity contribution in [3.63, 3.8) is 0 Å². The number of hydrogen-bond acceptors (Lipinski definition) is 2. The highest BCUT2D eigenvalue weighted by Crippen LogP contribution is 2.29. The van der Waals surface area contributed by atoms with Crippen LogP contribution in [0.2, 0.25) is 10.0 Å². The molecule has 2 rings (SSSR count). The van der Waals surface area contributed by atoms with E-state index >= 15 is 0 Å². The van der Waals surface area contributed by atoms with E-state index in [0.29, 0.717) is 15.8 Å². The lowest BCUT2D eigenvalue weighted by atomic mass is 10.1. The van der Waals surface area contributed by atoms with Crippen molar-refractivity contribution in [3.05, 3.63) is 58.1 Å². The van der Waals surface area contributed by atoms with Crippen molar-refractivity contribution in [3.8, 4) is 11.5 Å². The number of ether oxygens (including phenoxy) is 1. The van der Waals surface area contributed by atoms with Gasteiger partial charge in [0.05, 0.1) is 10.0 Å². The van der Waals surface area contributed by atoms with Crippen molar-refractivity contribution in [2.45, 2.75) is 32.9 Å². The summed E-state index contributed by atoms with van der Waals surface area (Å²) in [7, 11) is 0. The van der Waals surface area contributed by atoms with E-state index in [4.69, 9.17) is 27.9 Å². The van der Waals surface area contributed by atoms with Crippen LogP contribution in [-0.2, 0) is 6.54 Å². The monoisotopic (exact) mass is 323 g/mol. The van der Waals surface area contributed by atoms with E-state index in [0.717, 1.165) is 12.3 Å². The second kappa shape index (κ2) is 6.69. The van der Waals surface area contributed by atoms with Gasteiger partial charge in [0.2, 0.25) is 0 Å². The van der Waals surface area contributed by atoms with Crippen LogP contribution in [0, 0.1) is 0 Å². The summed E-state index contributed by atoms with van der Waals surface area (Å²) in [4.78, 5) is 0. The highest BCUT2D eigenvalue weighted by Gasteiger charge is 2.08. The Morgan fingerprint density at radius 1 is 0.905 bits per heavy atom. The normalized spacial score (nSPS) is 11.5. The van der Waals surface area contributed by atoms with Crippen LogP contribution >= 0.6 is 23.2 Å². The molecule has 1 N–H and O–H groups in total. The maximum atomic E-state index is 5.97. The van der Waals surface area contributed by atoms with Crippen molar-refractivity contribution < 1.29 is 4.74 Å². The maximum Gasteiger partial charge on any atom is 0.129 e. The molecular weight excluding hydrogens is 305 g/mol. The van der Waals surface area contributed by atoms with E-state index in [1.54, 1.807) is 18.2 Å². The molecule has 4 heteroatoms. The quantitative estimate of drug-likeness (QED) is 0.782. The molecule has 0 atom stereocenters. The highest BCUT2D eigenvalue weighted by molar-refractivity contribution is 6.42. The Labute approximate surface area is 136 Å². The predicted molar refractivity (Wildman–Crippen MR) is 89.6 cm³/mol. The summed E-state index contributed by atoms with van der Waals surface area (Å²) in [6.45, 7) is 7.27. The first kappa shape index (κ1) is 16.2. The van der Waals surface area contributed by atoms with Gasteiger partial charge in [-0.15, -0.1) is 0 Å². The van der Waals surface area contributed by atoms with Crippen LogP contribution in [0.5, 0.6) is 11.5 Å². The second-order valence-corrected chi connectivity index (χ2v) is 6.74. The number of nitrogens with one attached hydrogen (secondary N) is 1. The van der Waals surface area contributed by atoms with Gasteiger partial charge >= 0.3 is 0 Å². The molecule has 0 aliphatic carbocycles. The Morgan fingerprint density at radius 2 is 1.52 bits per heavy atom. The van der Waals surface area contributed by atoms with Crippen molar-refractivity contribution in [1.29, 1.82) is 0 Å². The van der Waals surface area contributed by atoms with E-state index < -0.39 is 0 Å². The topological polar surface area (TPSA) is 21.3 Å². The molecule has 0 aromatic heterocycles. The largest absolute Gasteiger partial charge is 0.457 e. The third-order valence-electron chi connectivity index (χ3n) is 2.87. The summed E-state index contributed by atoms with van der Waals surface area (Å²) in [6, 6.07) is 13.2. The number of benzene rings is 2. The van der Waals surface area contributed by atoms with Crippen LogP contribution < -0.4 is 10.1 Å². The molecule has 2 aromatic carbocycles. The van der Waals surface area contributed by atoms with Crippen LogP contribution in [0.1, 0.15) is 26.3 Å². The summed E-state index contributed by atoms with van der Waals surface area (Å²) < 4.78 is 5.75.